The van der Waals surface area contributed by atoms with E-state index in [2.05, 4.69) is 10.5 Å². The van der Waals surface area contributed by atoms with Gasteiger partial charge in [-0.2, -0.15) is 0 Å². The summed E-state index contributed by atoms with van der Waals surface area (Å²) >= 11 is 0. The molecule has 102 valence electrons. The van der Waals surface area contributed by atoms with Crippen LogP contribution in [0.5, 0.6) is 0 Å². The Morgan fingerprint density at radius 3 is 2.53 bits per heavy atom. The minimum atomic E-state index is -1.06. The second kappa shape index (κ2) is 5.80. The zero-order valence-electron chi connectivity index (χ0n) is 10.0. The third-order valence-corrected chi connectivity index (χ3v) is 2.22. The van der Waals surface area contributed by atoms with Crippen LogP contribution >= 0.6 is 0 Å². The fourth-order valence-corrected chi connectivity index (χ4v) is 1.21. The number of nitrogens with one attached hydrogen (secondary N) is 1. The number of urea groups is 1. The molecule has 0 unspecified atom stereocenters. The highest BCUT2D eigenvalue weighted by atomic mass is 19.1. The minimum Gasteiger partial charge on any atom is -0.452 e. The van der Waals surface area contributed by atoms with E-state index in [0.717, 1.165) is 6.07 Å². The number of anilines is 1. The third kappa shape index (κ3) is 3.95. The Kier molecular flexibility index (Phi) is 4.41. The van der Waals surface area contributed by atoms with Crippen molar-refractivity contribution in [2.45, 2.75) is 6.92 Å². The Morgan fingerprint density at radius 2 is 2.00 bits per heavy atom. The number of esters is 1. The van der Waals surface area contributed by atoms with Gasteiger partial charge in [0.2, 0.25) is 0 Å². The quantitative estimate of drug-likeness (QED) is 0.529. The first-order chi connectivity index (χ1) is 8.81. The maximum absolute atomic E-state index is 13.3. The summed E-state index contributed by atoms with van der Waals surface area (Å²) in [6.07, 6.45) is 0. The average Bonchev–Trinajstić information content (AvgIpc) is 2.31. The molecule has 0 saturated heterocycles. The van der Waals surface area contributed by atoms with Crippen molar-refractivity contribution in [3.8, 4) is 0 Å². The maximum atomic E-state index is 13.3. The van der Waals surface area contributed by atoms with E-state index in [-0.39, 0.29) is 16.8 Å². The Labute approximate surface area is 107 Å². The van der Waals surface area contributed by atoms with Gasteiger partial charge in [0.1, 0.15) is 5.82 Å². The fourth-order valence-electron chi connectivity index (χ4n) is 1.21. The minimum absolute atomic E-state index is 0.0912. The Morgan fingerprint density at radius 1 is 1.37 bits per heavy atom. The van der Waals surface area contributed by atoms with Crippen LogP contribution in [0.2, 0.25) is 0 Å². The molecule has 0 aliphatic heterocycles. The van der Waals surface area contributed by atoms with Crippen LogP contribution in [0.3, 0.4) is 0 Å². The molecule has 0 aliphatic rings. The fraction of sp³-hybridized carbons (Fsp3) is 0.182. The molecule has 0 radical (unpaired) electrons. The van der Waals surface area contributed by atoms with Crippen LogP contribution in [0.25, 0.3) is 0 Å². The molecule has 1 aromatic rings. The van der Waals surface area contributed by atoms with Gasteiger partial charge in [0.15, 0.2) is 6.61 Å². The van der Waals surface area contributed by atoms with E-state index in [1.54, 1.807) is 5.32 Å². The predicted molar refractivity (Wildman–Crippen MR) is 63.6 cm³/mol. The van der Waals surface area contributed by atoms with Crippen molar-refractivity contribution in [1.82, 2.24) is 5.32 Å². The number of nitrogens with two attached hydrogens (primary N) is 2. The lowest BCUT2D eigenvalue weighted by Gasteiger charge is -2.07. The van der Waals surface area contributed by atoms with E-state index in [4.69, 9.17) is 5.73 Å². The Hall–Kier alpha value is -2.64. The van der Waals surface area contributed by atoms with E-state index in [1.165, 1.54) is 13.0 Å². The third-order valence-electron chi connectivity index (χ3n) is 2.22. The zero-order chi connectivity index (χ0) is 14.6. The molecule has 3 amide bonds. The smallest absolute Gasteiger partial charge is 0.338 e. The lowest BCUT2D eigenvalue weighted by molar-refractivity contribution is -0.123. The van der Waals surface area contributed by atoms with Crippen LogP contribution in [0.15, 0.2) is 12.1 Å². The number of benzene rings is 1. The van der Waals surface area contributed by atoms with Gasteiger partial charge in [-0.1, -0.05) is 0 Å². The standard InChI is InChI=1S/C11H12FN3O4/c1-5-7(12)2-6(3-8(5)13)10(17)19-4-9(16)15-11(14)18/h2-3H,4,13H2,1H3,(H3,14,15,16,18). The molecule has 1 rings (SSSR count). The van der Waals surface area contributed by atoms with Gasteiger partial charge in [-0.15, -0.1) is 0 Å². The van der Waals surface area contributed by atoms with E-state index in [9.17, 15) is 18.8 Å². The number of halogens is 1. The normalized spacial score (nSPS) is 9.79. The van der Waals surface area contributed by atoms with Crippen molar-refractivity contribution in [2.24, 2.45) is 5.73 Å². The second-order valence-electron chi connectivity index (χ2n) is 3.66. The molecule has 5 N–H and O–H groups in total. The molecule has 0 saturated carbocycles. The van der Waals surface area contributed by atoms with Crippen molar-refractivity contribution in [1.29, 1.82) is 0 Å². The molecule has 8 heteroatoms. The van der Waals surface area contributed by atoms with Crippen molar-refractivity contribution >= 4 is 23.6 Å². The van der Waals surface area contributed by atoms with Crippen LogP contribution in [0, 0.1) is 12.7 Å². The Bertz CT molecular complexity index is 522. The van der Waals surface area contributed by atoms with E-state index in [0.29, 0.717) is 0 Å². The van der Waals surface area contributed by atoms with Gasteiger partial charge in [0.25, 0.3) is 5.91 Å². The van der Waals surface area contributed by atoms with Gasteiger partial charge in [-0.3, -0.25) is 10.1 Å². The van der Waals surface area contributed by atoms with Gasteiger partial charge < -0.3 is 16.2 Å². The van der Waals surface area contributed by atoms with Crippen LogP contribution in [0.1, 0.15) is 15.9 Å². The van der Waals surface area contributed by atoms with Gasteiger partial charge >= 0.3 is 12.0 Å². The van der Waals surface area contributed by atoms with Gasteiger partial charge in [-0.25, -0.2) is 14.0 Å². The van der Waals surface area contributed by atoms with Crippen molar-refractivity contribution < 1.29 is 23.5 Å². The summed E-state index contributed by atoms with van der Waals surface area (Å²) in [7, 11) is 0. The highest BCUT2D eigenvalue weighted by Crippen LogP contribution is 2.18. The number of carbonyl (C=O) groups is 3. The van der Waals surface area contributed by atoms with Gasteiger partial charge in [0, 0.05) is 11.3 Å². The second-order valence-corrected chi connectivity index (χ2v) is 3.66. The number of carbonyl (C=O) groups excluding carboxylic acids is 3. The summed E-state index contributed by atoms with van der Waals surface area (Å²) < 4.78 is 17.9. The average molecular weight is 269 g/mol. The summed E-state index contributed by atoms with van der Waals surface area (Å²) in [4.78, 5) is 32.8. The molecule has 0 aliphatic carbocycles. The van der Waals surface area contributed by atoms with Crippen LogP contribution in [-0.4, -0.2) is 24.5 Å². The molecule has 0 atom stereocenters. The highest BCUT2D eigenvalue weighted by Gasteiger charge is 2.14. The van der Waals surface area contributed by atoms with Crippen molar-refractivity contribution in [3.05, 3.63) is 29.1 Å². The monoisotopic (exact) mass is 269 g/mol. The van der Waals surface area contributed by atoms with Crippen LogP contribution in [0.4, 0.5) is 14.9 Å². The molecule has 0 spiro atoms. The first-order valence-electron chi connectivity index (χ1n) is 5.13. The summed E-state index contributed by atoms with van der Waals surface area (Å²) in [6, 6.07) is 1.11. The highest BCUT2D eigenvalue weighted by molar-refractivity contribution is 5.96. The van der Waals surface area contributed by atoms with Crippen molar-refractivity contribution in [3.63, 3.8) is 0 Å². The van der Waals surface area contributed by atoms with Crippen LogP contribution < -0.4 is 16.8 Å². The number of nitrogen functional groups attached to an aromatic ring is 1. The van der Waals surface area contributed by atoms with Crippen LogP contribution in [-0.2, 0) is 9.53 Å². The molecule has 0 fully saturated rings. The topological polar surface area (TPSA) is 125 Å². The van der Waals surface area contributed by atoms with E-state index >= 15 is 0 Å². The lowest BCUT2D eigenvalue weighted by atomic mass is 10.1. The van der Waals surface area contributed by atoms with E-state index < -0.39 is 30.3 Å². The number of primary amides is 1. The number of imide groups is 1. The molecular weight excluding hydrogens is 257 g/mol. The Balaban J connectivity index is 2.69. The largest absolute Gasteiger partial charge is 0.452 e. The molecule has 0 heterocycles. The zero-order valence-corrected chi connectivity index (χ0v) is 10.0. The maximum Gasteiger partial charge on any atom is 0.338 e. The number of hydrogen-bond donors (Lipinski definition) is 3. The number of amides is 3. The summed E-state index contributed by atoms with van der Waals surface area (Å²) in [5.74, 6) is -2.49. The van der Waals surface area contributed by atoms with Gasteiger partial charge in [0.05, 0.1) is 5.56 Å². The number of hydrogen-bond acceptors (Lipinski definition) is 5. The number of rotatable bonds is 3. The molecule has 7 nitrogen and oxygen atoms in total. The first-order valence-corrected chi connectivity index (χ1v) is 5.13. The van der Waals surface area contributed by atoms with Gasteiger partial charge in [-0.05, 0) is 19.1 Å². The summed E-state index contributed by atoms with van der Waals surface area (Å²) in [5, 5.41) is 1.71. The molecule has 0 bridgehead atoms. The predicted octanol–water partition coefficient (Wildman–Crippen LogP) is 0.0680. The number of ether oxygens (including phenoxy) is 1. The molecular formula is C11H12FN3O4. The molecule has 0 aromatic heterocycles. The lowest BCUT2D eigenvalue weighted by Crippen LogP contribution is -2.37. The SMILES string of the molecule is Cc1c(N)cc(C(=O)OCC(=O)NC(N)=O)cc1F. The summed E-state index contributed by atoms with van der Waals surface area (Å²) in [6.45, 7) is 0.747. The molecule has 19 heavy (non-hydrogen) atoms. The first kappa shape index (κ1) is 14.4. The van der Waals surface area contributed by atoms with Crippen molar-refractivity contribution in [2.75, 3.05) is 12.3 Å². The summed E-state index contributed by atoms with van der Waals surface area (Å²) in [5.41, 5.74) is 10.4. The van der Waals surface area contributed by atoms with E-state index in [1.807, 2.05) is 0 Å². The molecule has 1 aromatic carbocycles.